The van der Waals surface area contributed by atoms with Crippen LogP contribution < -0.4 is 10.1 Å². The predicted octanol–water partition coefficient (Wildman–Crippen LogP) is 3.63. The molecule has 0 amide bonds. The van der Waals surface area contributed by atoms with Crippen LogP contribution in [-0.4, -0.2) is 51.5 Å². The Morgan fingerprint density at radius 1 is 1.12 bits per heavy atom. The monoisotopic (exact) mass is 459 g/mol. The van der Waals surface area contributed by atoms with E-state index in [0.717, 1.165) is 48.4 Å². The van der Waals surface area contributed by atoms with Crippen molar-refractivity contribution >= 4 is 11.5 Å². The highest BCUT2D eigenvalue weighted by atomic mass is 16.5. The number of carbonyl (C=O) groups excluding carboxylic acids is 1. The van der Waals surface area contributed by atoms with Gasteiger partial charge in [-0.25, -0.2) is 0 Å². The zero-order valence-electron chi connectivity index (χ0n) is 19.4. The minimum atomic E-state index is -0.262. The van der Waals surface area contributed by atoms with Crippen molar-refractivity contribution in [2.45, 2.75) is 44.8 Å². The van der Waals surface area contributed by atoms with Gasteiger partial charge in [-0.05, 0) is 54.9 Å². The summed E-state index contributed by atoms with van der Waals surface area (Å²) in [4.78, 5) is 13.0. The number of piperidine rings is 1. The van der Waals surface area contributed by atoms with Gasteiger partial charge in [-0.3, -0.25) is 4.79 Å². The highest BCUT2D eigenvalue weighted by Gasteiger charge is 2.36. The molecule has 8 nitrogen and oxygen atoms in total. The average Bonchev–Trinajstić information content (AvgIpc) is 3.33. The molecule has 1 fully saturated rings. The van der Waals surface area contributed by atoms with Crippen molar-refractivity contribution in [1.29, 1.82) is 0 Å². The lowest BCUT2D eigenvalue weighted by molar-refractivity contribution is -0.143. The summed E-state index contributed by atoms with van der Waals surface area (Å²) in [6.07, 6.45) is 5.17. The summed E-state index contributed by atoms with van der Waals surface area (Å²) in [5, 5.41) is 16.2. The third kappa shape index (κ3) is 4.72. The molecule has 0 radical (unpaired) electrons. The summed E-state index contributed by atoms with van der Waals surface area (Å²) in [6.45, 7) is 4.62. The molecule has 2 aromatic carbocycles. The van der Waals surface area contributed by atoms with Gasteiger partial charge in [0.05, 0.1) is 13.2 Å². The Morgan fingerprint density at radius 2 is 1.88 bits per heavy atom. The summed E-state index contributed by atoms with van der Waals surface area (Å²) < 4.78 is 11.4. The molecule has 3 aromatic rings. The molecular formula is C26H29N5O3. The fraction of sp³-hybridized carbons (Fsp3) is 0.385. The lowest BCUT2D eigenvalue weighted by atomic mass is 9.83. The molecule has 1 aromatic heterocycles. The van der Waals surface area contributed by atoms with E-state index in [0.29, 0.717) is 31.8 Å². The number of fused-ring (bicyclic) bond motifs is 1. The van der Waals surface area contributed by atoms with Gasteiger partial charge in [0.15, 0.2) is 0 Å². The summed E-state index contributed by atoms with van der Waals surface area (Å²) in [7, 11) is 0. The van der Waals surface area contributed by atoms with Crippen molar-refractivity contribution in [3.8, 4) is 17.1 Å². The number of para-hydroxylation sites is 1. The van der Waals surface area contributed by atoms with Gasteiger partial charge in [-0.2, -0.15) is 4.80 Å². The molecule has 0 saturated carbocycles. The molecule has 0 atom stereocenters. The summed E-state index contributed by atoms with van der Waals surface area (Å²) in [6, 6.07) is 16.5. The van der Waals surface area contributed by atoms with Crippen molar-refractivity contribution in [1.82, 2.24) is 25.5 Å². The smallest absolute Gasteiger partial charge is 0.305 e. The topological polar surface area (TPSA) is 91.2 Å². The van der Waals surface area contributed by atoms with Crippen LogP contribution in [-0.2, 0) is 16.1 Å². The van der Waals surface area contributed by atoms with Crippen LogP contribution in [0.3, 0.4) is 0 Å². The van der Waals surface area contributed by atoms with Crippen molar-refractivity contribution in [3.05, 3.63) is 65.7 Å². The lowest BCUT2D eigenvalue weighted by Gasteiger charge is -2.40. The van der Waals surface area contributed by atoms with E-state index in [4.69, 9.17) is 9.47 Å². The number of ether oxygens (including phenoxy) is 2. The number of aromatic nitrogens is 4. The maximum absolute atomic E-state index is 11.5. The fourth-order valence-corrected chi connectivity index (χ4v) is 4.55. The third-order valence-corrected chi connectivity index (χ3v) is 6.30. The lowest BCUT2D eigenvalue weighted by Crippen LogP contribution is -2.46. The van der Waals surface area contributed by atoms with Crippen LogP contribution in [0.5, 0.6) is 5.75 Å². The largest absolute Gasteiger partial charge is 0.482 e. The number of nitrogens with one attached hydrogen (secondary N) is 1. The van der Waals surface area contributed by atoms with Crippen LogP contribution in [0.15, 0.2) is 54.6 Å². The van der Waals surface area contributed by atoms with Crippen LogP contribution in [0, 0.1) is 0 Å². The molecule has 176 valence electrons. The second kappa shape index (κ2) is 9.77. The van der Waals surface area contributed by atoms with Gasteiger partial charge >= 0.3 is 5.97 Å². The second-order valence-electron chi connectivity index (χ2n) is 8.67. The van der Waals surface area contributed by atoms with Gasteiger partial charge in [0.1, 0.15) is 11.4 Å². The van der Waals surface area contributed by atoms with Crippen LogP contribution in [0.25, 0.3) is 17.0 Å². The van der Waals surface area contributed by atoms with Crippen molar-refractivity contribution in [2.24, 2.45) is 0 Å². The molecule has 1 saturated heterocycles. The van der Waals surface area contributed by atoms with Gasteiger partial charge < -0.3 is 14.8 Å². The van der Waals surface area contributed by atoms with Crippen molar-refractivity contribution in [2.75, 3.05) is 19.7 Å². The molecule has 0 bridgehead atoms. The van der Waals surface area contributed by atoms with Gasteiger partial charge in [0.2, 0.25) is 5.82 Å². The standard InChI is InChI=1S/C26H29N5O3/c1-2-33-24(32)8-5-17-31-29-25(28-30-31)20-11-9-19(10-12-20)22-18-26(13-15-27-16-14-26)34-23-7-4-3-6-21(22)23/h3-4,6-7,9-12,18,27H,2,5,8,13-17H2,1H3. The van der Waals surface area contributed by atoms with E-state index in [1.54, 1.807) is 6.92 Å². The quantitative estimate of drug-likeness (QED) is 0.540. The second-order valence-corrected chi connectivity index (χ2v) is 8.67. The molecule has 5 rings (SSSR count). The van der Waals surface area contributed by atoms with E-state index in [-0.39, 0.29) is 11.6 Å². The number of tetrazole rings is 1. The molecular weight excluding hydrogens is 430 g/mol. The van der Waals surface area contributed by atoms with Crippen LogP contribution in [0.1, 0.15) is 43.7 Å². The number of nitrogens with zero attached hydrogens (tertiary/aromatic N) is 4. The van der Waals surface area contributed by atoms with Crippen LogP contribution in [0.4, 0.5) is 0 Å². The first kappa shape index (κ1) is 22.3. The van der Waals surface area contributed by atoms with Gasteiger partial charge in [0, 0.05) is 30.4 Å². The van der Waals surface area contributed by atoms with E-state index in [9.17, 15) is 4.79 Å². The maximum Gasteiger partial charge on any atom is 0.305 e. The molecule has 3 heterocycles. The SMILES string of the molecule is CCOC(=O)CCCn1nnc(-c2ccc(C3=CC4(CCNCC4)Oc4ccccc43)cc2)n1. The Bertz CT molecular complexity index is 1180. The molecule has 2 aliphatic rings. The number of rotatable bonds is 7. The molecule has 0 unspecified atom stereocenters. The molecule has 2 aliphatic heterocycles. The first-order valence-corrected chi connectivity index (χ1v) is 11.9. The van der Waals surface area contributed by atoms with Crippen molar-refractivity contribution < 1.29 is 14.3 Å². The number of aryl methyl sites for hydroxylation is 1. The Balaban J connectivity index is 1.34. The van der Waals surface area contributed by atoms with E-state index < -0.39 is 0 Å². The first-order valence-electron chi connectivity index (χ1n) is 11.9. The van der Waals surface area contributed by atoms with Crippen molar-refractivity contribution in [3.63, 3.8) is 0 Å². The number of benzene rings is 2. The third-order valence-electron chi connectivity index (χ3n) is 6.30. The normalized spacial score (nSPS) is 16.4. The molecule has 8 heteroatoms. The number of esters is 1. The first-order chi connectivity index (χ1) is 16.7. The van der Waals surface area contributed by atoms with Crippen LogP contribution in [0.2, 0.25) is 0 Å². The Morgan fingerprint density at radius 3 is 2.68 bits per heavy atom. The van der Waals surface area contributed by atoms with Gasteiger partial charge in [-0.1, -0.05) is 42.5 Å². The Kier molecular flexibility index (Phi) is 6.40. The highest BCUT2D eigenvalue weighted by Crippen LogP contribution is 2.42. The minimum absolute atomic E-state index is 0.200. The fourth-order valence-electron chi connectivity index (χ4n) is 4.55. The van der Waals surface area contributed by atoms with Crippen LogP contribution >= 0.6 is 0 Å². The number of hydrogen-bond acceptors (Lipinski definition) is 7. The van der Waals surface area contributed by atoms with E-state index in [1.807, 2.05) is 18.2 Å². The minimum Gasteiger partial charge on any atom is -0.482 e. The summed E-state index contributed by atoms with van der Waals surface area (Å²) in [5.74, 6) is 1.31. The summed E-state index contributed by atoms with van der Waals surface area (Å²) in [5.41, 5.74) is 4.09. The van der Waals surface area contributed by atoms with Gasteiger partial charge in [0.25, 0.3) is 0 Å². The highest BCUT2D eigenvalue weighted by molar-refractivity contribution is 5.85. The molecule has 1 N–H and O–H groups in total. The molecule has 34 heavy (non-hydrogen) atoms. The molecule has 1 spiro atoms. The molecule has 0 aliphatic carbocycles. The zero-order valence-corrected chi connectivity index (χ0v) is 19.4. The average molecular weight is 460 g/mol. The number of hydrogen-bond donors (Lipinski definition) is 1. The zero-order chi connectivity index (χ0) is 23.4. The van der Waals surface area contributed by atoms with E-state index in [1.165, 1.54) is 10.4 Å². The summed E-state index contributed by atoms with van der Waals surface area (Å²) >= 11 is 0. The van der Waals surface area contributed by atoms with E-state index >= 15 is 0 Å². The van der Waals surface area contributed by atoms with E-state index in [2.05, 4.69) is 57.1 Å². The predicted molar refractivity (Wildman–Crippen MR) is 128 cm³/mol. The Labute approximate surface area is 199 Å². The Hall–Kier alpha value is -3.52. The van der Waals surface area contributed by atoms with Gasteiger partial charge in [-0.15, -0.1) is 10.2 Å². The maximum atomic E-state index is 11.5. The number of carbonyl (C=O) groups is 1.